The highest BCUT2D eigenvalue weighted by Gasteiger charge is 2.44. The van der Waals surface area contributed by atoms with Crippen LogP contribution >= 0.6 is 0 Å². The van der Waals surface area contributed by atoms with Crippen molar-refractivity contribution < 1.29 is 4.79 Å². The van der Waals surface area contributed by atoms with E-state index in [0.717, 1.165) is 12.8 Å². The normalized spacial score (nSPS) is 17.4. The van der Waals surface area contributed by atoms with Crippen molar-refractivity contribution in [3.8, 4) is 0 Å². The molecule has 0 bridgehead atoms. The minimum Gasteiger partial charge on any atom is -0.211 e. The maximum Gasteiger partial charge on any atom is 0.234 e. The smallest absolute Gasteiger partial charge is 0.211 e. The third-order valence-corrected chi connectivity index (χ3v) is 3.66. The highest BCUT2D eigenvalue weighted by atomic mass is 16.1. The van der Waals surface area contributed by atoms with Gasteiger partial charge in [0.2, 0.25) is 6.08 Å². The first-order chi connectivity index (χ1) is 7.98. The van der Waals surface area contributed by atoms with Gasteiger partial charge in [-0.25, -0.2) is 9.79 Å². The zero-order valence-corrected chi connectivity index (χ0v) is 10.8. The predicted octanol–water partition coefficient (Wildman–Crippen LogP) is 3.35. The first-order valence-corrected chi connectivity index (χ1v) is 6.13. The molecule has 1 aromatic carbocycles. The van der Waals surface area contributed by atoms with Crippen LogP contribution in [0.1, 0.15) is 44.7 Å². The number of hydrogen-bond donors (Lipinski definition) is 0. The van der Waals surface area contributed by atoms with E-state index < -0.39 is 0 Å². The average Bonchev–Trinajstić information content (AvgIpc) is 3.07. The second-order valence-corrected chi connectivity index (χ2v) is 6.02. The maximum atomic E-state index is 10.2. The Balaban J connectivity index is 2.21. The average molecular weight is 229 g/mol. The second-order valence-electron chi connectivity index (χ2n) is 6.02. The molecule has 1 aliphatic rings. The zero-order valence-electron chi connectivity index (χ0n) is 10.8. The molecule has 0 N–H and O–H groups in total. The van der Waals surface area contributed by atoms with Gasteiger partial charge in [-0.1, -0.05) is 45.0 Å². The SMILES string of the molecule is CC(C)(C)c1ccc(C2(CN=C=O)CC2)cc1. The lowest BCUT2D eigenvalue weighted by atomic mass is 9.85. The van der Waals surface area contributed by atoms with Crippen LogP contribution in [0.25, 0.3) is 0 Å². The van der Waals surface area contributed by atoms with Crippen molar-refractivity contribution >= 4 is 6.08 Å². The van der Waals surface area contributed by atoms with Crippen molar-refractivity contribution in [2.45, 2.75) is 44.4 Å². The van der Waals surface area contributed by atoms with Gasteiger partial charge < -0.3 is 0 Å². The van der Waals surface area contributed by atoms with Gasteiger partial charge in [-0.15, -0.1) is 0 Å². The standard InChI is InChI=1S/C15H19NO/c1-14(2,3)12-4-6-13(7-5-12)15(8-9-15)10-16-11-17/h4-7H,8-10H2,1-3H3. The Hall–Kier alpha value is -1.40. The van der Waals surface area contributed by atoms with Gasteiger partial charge in [-0.05, 0) is 29.4 Å². The molecule has 1 aliphatic carbocycles. The third kappa shape index (κ3) is 2.48. The van der Waals surface area contributed by atoms with Crippen LogP contribution in [-0.2, 0) is 15.6 Å². The van der Waals surface area contributed by atoms with Crippen LogP contribution in [0.2, 0.25) is 0 Å². The van der Waals surface area contributed by atoms with Gasteiger partial charge in [0.1, 0.15) is 0 Å². The van der Waals surface area contributed by atoms with E-state index >= 15 is 0 Å². The number of carbonyl (C=O) groups excluding carboxylic acids is 1. The second kappa shape index (κ2) is 4.12. The fourth-order valence-electron chi connectivity index (χ4n) is 2.20. The van der Waals surface area contributed by atoms with Gasteiger partial charge in [0, 0.05) is 5.41 Å². The van der Waals surface area contributed by atoms with E-state index in [1.807, 2.05) is 0 Å². The minimum atomic E-state index is 0.133. The summed E-state index contributed by atoms with van der Waals surface area (Å²) >= 11 is 0. The number of isocyanates is 1. The Bertz CT molecular complexity index is 443. The molecule has 0 aliphatic heterocycles. The lowest BCUT2D eigenvalue weighted by Gasteiger charge is -2.20. The molecule has 0 spiro atoms. The van der Waals surface area contributed by atoms with Gasteiger partial charge in [-0.3, -0.25) is 0 Å². The lowest BCUT2D eigenvalue weighted by Crippen LogP contribution is -2.14. The van der Waals surface area contributed by atoms with E-state index in [1.165, 1.54) is 11.1 Å². The van der Waals surface area contributed by atoms with Crippen LogP contribution < -0.4 is 0 Å². The van der Waals surface area contributed by atoms with Crippen molar-refractivity contribution in [1.29, 1.82) is 0 Å². The molecule has 0 unspecified atom stereocenters. The van der Waals surface area contributed by atoms with Crippen molar-refractivity contribution in [2.75, 3.05) is 6.54 Å². The summed E-state index contributed by atoms with van der Waals surface area (Å²) in [4.78, 5) is 14.0. The molecule has 0 radical (unpaired) electrons. The third-order valence-electron chi connectivity index (χ3n) is 3.66. The van der Waals surface area contributed by atoms with Crippen LogP contribution in [-0.4, -0.2) is 12.6 Å². The molecule has 0 amide bonds. The molecule has 0 saturated heterocycles. The Labute approximate surface area is 103 Å². The summed E-state index contributed by atoms with van der Waals surface area (Å²) < 4.78 is 0. The number of nitrogens with zero attached hydrogens (tertiary/aromatic N) is 1. The van der Waals surface area contributed by atoms with Gasteiger partial charge in [0.25, 0.3) is 0 Å². The highest BCUT2D eigenvalue weighted by molar-refractivity contribution is 5.39. The number of aliphatic imine (C=N–C) groups is 1. The van der Waals surface area contributed by atoms with Gasteiger partial charge >= 0.3 is 0 Å². The minimum absolute atomic E-state index is 0.133. The molecule has 90 valence electrons. The molecule has 17 heavy (non-hydrogen) atoms. The molecular weight excluding hydrogens is 210 g/mol. The Morgan fingerprint density at radius 2 is 1.82 bits per heavy atom. The van der Waals surface area contributed by atoms with Crippen molar-refractivity contribution in [3.05, 3.63) is 35.4 Å². The molecule has 1 aromatic rings. The van der Waals surface area contributed by atoms with E-state index in [2.05, 4.69) is 50.0 Å². The quantitative estimate of drug-likeness (QED) is 0.577. The number of benzene rings is 1. The van der Waals surface area contributed by atoms with Crippen LogP contribution in [0.4, 0.5) is 0 Å². The molecule has 0 heterocycles. The fraction of sp³-hybridized carbons (Fsp3) is 0.533. The maximum absolute atomic E-state index is 10.2. The van der Waals surface area contributed by atoms with E-state index in [9.17, 15) is 4.79 Å². The highest BCUT2D eigenvalue weighted by Crippen LogP contribution is 2.48. The summed E-state index contributed by atoms with van der Waals surface area (Å²) in [7, 11) is 0. The van der Waals surface area contributed by atoms with Crippen LogP contribution in [0.3, 0.4) is 0 Å². The molecule has 0 atom stereocenters. The first-order valence-electron chi connectivity index (χ1n) is 6.13. The first kappa shape index (κ1) is 12.1. The zero-order chi connectivity index (χ0) is 12.5. The van der Waals surface area contributed by atoms with Crippen molar-refractivity contribution in [3.63, 3.8) is 0 Å². The van der Waals surface area contributed by atoms with Gasteiger partial charge in [0.15, 0.2) is 0 Å². The largest absolute Gasteiger partial charge is 0.234 e. The van der Waals surface area contributed by atoms with E-state index in [4.69, 9.17) is 0 Å². The molecule has 2 heteroatoms. The van der Waals surface area contributed by atoms with Gasteiger partial charge in [0.05, 0.1) is 6.54 Å². The summed E-state index contributed by atoms with van der Waals surface area (Å²) in [6.07, 6.45) is 3.91. The monoisotopic (exact) mass is 229 g/mol. The molecule has 2 nitrogen and oxygen atoms in total. The van der Waals surface area contributed by atoms with Crippen LogP contribution in [0, 0.1) is 0 Å². The molecule has 2 rings (SSSR count). The number of hydrogen-bond acceptors (Lipinski definition) is 2. The van der Waals surface area contributed by atoms with Crippen LogP contribution in [0.15, 0.2) is 29.3 Å². The predicted molar refractivity (Wildman–Crippen MR) is 69.0 cm³/mol. The summed E-state index contributed by atoms with van der Waals surface area (Å²) in [5.74, 6) is 0. The fourth-order valence-corrected chi connectivity index (χ4v) is 2.20. The van der Waals surface area contributed by atoms with E-state index in [1.54, 1.807) is 6.08 Å². The molecular formula is C15H19NO. The molecule has 1 fully saturated rings. The molecule has 0 aromatic heterocycles. The van der Waals surface area contributed by atoms with Crippen molar-refractivity contribution in [2.24, 2.45) is 4.99 Å². The van der Waals surface area contributed by atoms with E-state index in [-0.39, 0.29) is 10.8 Å². The lowest BCUT2D eigenvalue weighted by molar-refractivity contribution is 0.559. The Morgan fingerprint density at radius 3 is 2.24 bits per heavy atom. The Morgan fingerprint density at radius 1 is 1.24 bits per heavy atom. The summed E-state index contributed by atoms with van der Waals surface area (Å²) in [6.45, 7) is 7.23. The van der Waals surface area contributed by atoms with Gasteiger partial charge in [-0.2, -0.15) is 0 Å². The summed E-state index contributed by atoms with van der Waals surface area (Å²) in [5, 5.41) is 0. The summed E-state index contributed by atoms with van der Waals surface area (Å²) in [6, 6.07) is 8.77. The summed E-state index contributed by atoms with van der Waals surface area (Å²) in [5.41, 5.74) is 2.98. The molecule has 1 saturated carbocycles. The Kier molecular flexibility index (Phi) is 2.92. The van der Waals surface area contributed by atoms with Crippen LogP contribution in [0.5, 0.6) is 0 Å². The number of rotatable bonds is 3. The topological polar surface area (TPSA) is 29.4 Å². The van der Waals surface area contributed by atoms with E-state index in [0.29, 0.717) is 6.54 Å². The van der Waals surface area contributed by atoms with Crippen molar-refractivity contribution in [1.82, 2.24) is 0 Å².